The van der Waals surface area contributed by atoms with Gasteiger partial charge in [0.05, 0.1) is 0 Å². The number of fused-ring (bicyclic) bond motifs is 1. The maximum atomic E-state index is 12.1. The first-order chi connectivity index (χ1) is 11.8. The Hall–Kier alpha value is -2.55. The second kappa shape index (κ2) is 6.52. The van der Waals surface area contributed by atoms with Crippen molar-refractivity contribution in [1.29, 1.82) is 0 Å². The van der Waals surface area contributed by atoms with Crippen LogP contribution < -0.4 is 5.32 Å². The molecule has 3 heteroatoms. The molecular weight excluding hydrogens is 296 g/mol. The van der Waals surface area contributed by atoms with Gasteiger partial charge < -0.3 is 10.3 Å². The van der Waals surface area contributed by atoms with Crippen LogP contribution in [-0.2, 0) is 4.79 Å². The molecule has 1 aromatic heterocycles. The third-order valence-electron chi connectivity index (χ3n) is 4.96. The van der Waals surface area contributed by atoms with Crippen molar-refractivity contribution in [1.82, 2.24) is 4.98 Å². The number of rotatable bonds is 4. The Kier molecular flexibility index (Phi) is 4.08. The number of aromatic nitrogens is 1. The number of benzene rings is 2. The first-order valence-electron chi connectivity index (χ1n) is 8.76. The number of anilines is 1. The summed E-state index contributed by atoms with van der Waals surface area (Å²) in [7, 11) is 0. The van der Waals surface area contributed by atoms with E-state index in [2.05, 4.69) is 40.6 Å². The molecule has 0 bridgehead atoms. The van der Waals surface area contributed by atoms with Crippen molar-refractivity contribution < 1.29 is 4.79 Å². The molecule has 1 aliphatic rings. The summed E-state index contributed by atoms with van der Waals surface area (Å²) in [5, 5.41) is 4.23. The van der Waals surface area contributed by atoms with Gasteiger partial charge in [0, 0.05) is 28.7 Å². The highest BCUT2D eigenvalue weighted by molar-refractivity contribution is 5.91. The van der Waals surface area contributed by atoms with Crippen molar-refractivity contribution in [2.24, 2.45) is 5.92 Å². The Morgan fingerprint density at radius 3 is 2.54 bits per heavy atom. The molecule has 0 aliphatic heterocycles. The molecule has 122 valence electrons. The minimum atomic E-state index is 0.139. The summed E-state index contributed by atoms with van der Waals surface area (Å²) >= 11 is 0. The normalized spacial score (nSPS) is 15.0. The number of hydrogen-bond acceptors (Lipinski definition) is 1. The number of nitrogens with one attached hydrogen (secondary N) is 2. The molecular formula is C21H22N2O. The number of hydrogen-bond donors (Lipinski definition) is 2. The summed E-state index contributed by atoms with van der Waals surface area (Å²) in [5.41, 5.74) is 4.24. The Balaban J connectivity index is 1.45. The van der Waals surface area contributed by atoms with Crippen LogP contribution in [0.25, 0.3) is 22.2 Å². The molecule has 1 fully saturated rings. The third kappa shape index (κ3) is 3.21. The number of carbonyl (C=O) groups excluding carboxylic acids is 1. The van der Waals surface area contributed by atoms with E-state index >= 15 is 0 Å². The van der Waals surface area contributed by atoms with Crippen LogP contribution in [0.1, 0.15) is 32.1 Å². The van der Waals surface area contributed by atoms with Crippen LogP contribution in [0.5, 0.6) is 0 Å². The first kappa shape index (κ1) is 15.0. The van der Waals surface area contributed by atoms with E-state index < -0.39 is 0 Å². The van der Waals surface area contributed by atoms with Crippen LogP contribution in [0.15, 0.2) is 54.6 Å². The van der Waals surface area contributed by atoms with Gasteiger partial charge in [0.1, 0.15) is 0 Å². The predicted octanol–water partition coefficient (Wildman–Crippen LogP) is 5.35. The summed E-state index contributed by atoms with van der Waals surface area (Å²) in [6.07, 6.45) is 5.61. The average Bonchev–Trinajstić information content (AvgIpc) is 3.24. The monoisotopic (exact) mass is 318 g/mol. The van der Waals surface area contributed by atoms with Crippen LogP contribution >= 0.6 is 0 Å². The average molecular weight is 318 g/mol. The van der Waals surface area contributed by atoms with Gasteiger partial charge in [-0.15, -0.1) is 0 Å². The van der Waals surface area contributed by atoms with Crippen LogP contribution in [-0.4, -0.2) is 10.9 Å². The highest BCUT2D eigenvalue weighted by Gasteiger charge is 2.18. The number of amides is 1. The van der Waals surface area contributed by atoms with E-state index in [9.17, 15) is 4.79 Å². The van der Waals surface area contributed by atoms with Gasteiger partial charge in [0.15, 0.2) is 0 Å². The number of para-hydroxylation sites is 1. The van der Waals surface area contributed by atoms with Crippen molar-refractivity contribution in [2.75, 3.05) is 5.32 Å². The van der Waals surface area contributed by atoms with Gasteiger partial charge in [0.2, 0.25) is 5.91 Å². The van der Waals surface area contributed by atoms with Crippen LogP contribution in [0, 0.1) is 5.92 Å². The van der Waals surface area contributed by atoms with Gasteiger partial charge in [-0.3, -0.25) is 4.79 Å². The highest BCUT2D eigenvalue weighted by Crippen LogP contribution is 2.28. The zero-order chi connectivity index (χ0) is 16.4. The topological polar surface area (TPSA) is 44.9 Å². The van der Waals surface area contributed by atoms with E-state index in [1.807, 2.05) is 24.3 Å². The lowest BCUT2D eigenvalue weighted by Gasteiger charge is -2.10. The van der Waals surface area contributed by atoms with Gasteiger partial charge >= 0.3 is 0 Å². The molecule has 2 N–H and O–H groups in total. The van der Waals surface area contributed by atoms with E-state index in [4.69, 9.17) is 0 Å². The third-order valence-corrected chi connectivity index (χ3v) is 4.96. The highest BCUT2D eigenvalue weighted by atomic mass is 16.1. The summed E-state index contributed by atoms with van der Waals surface area (Å²) in [5.74, 6) is 0.718. The smallest absolute Gasteiger partial charge is 0.224 e. The molecule has 0 saturated heterocycles. The Morgan fingerprint density at radius 2 is 1.79 bits per heavy atom. The number of aromatic amines is 1. The molecule has 1 heterocycles. The maximum Gasteiger partial charge on any atom is 0.224 e. The van der Waals surface area contributed by atoms with Gasteiger partial charge in [-0.05, 0) is 48.6 Å². The fraction of sp³-hybridized carbons (Fsp3) is 0.286. The largest absolute Gasteiger partial charge is 0.355 e. The molecule has 4 rings (SSSR count). The van der Waals surface area contributed by atoms with Gasteiger partial charge in [-0.25, -0.2) is 0 Å². The molecule has 3 nitrogen and oxygen atoms in total. The van der Waals surface area contributed by atoms with E-state index in [0.29, 0.717) is 12.3 Å². The Morgan fingerprint density at radius 1 is 1.04 bits per heavy atom. The fourth-order valence-corrected chi connectivity index (χ4v) is 3.65. The van der Waals surface area contributed by atoms with E-state index in [0.717, 1.165) is 22.5 Å². The second-order valence-electron chi connectivity index (χ2n) is 6.75. The molecule has 1 saturated carbocycles. The van der Waals surface area contributed by atoms with E-state index in [1.54, 1.807) is 0 Å². The molecule has 2 aromatic carbocycles. The van der Waals surface area contributed by atoms with Gasteiger partial charge in [0.25, 0.3) is 0 Å². The minimum absolute atomic E-state index is 0.139. The minimum Gasteiger partial charge on any atom is -0.355 e. The standard InChI is InChI=1S/C21H22N2O/c24-21(13-15-5-1-2-6-15)22-18-11-9-16(10-12-18)20-14-17-7-3-4-8-19(17)23-20/h3-4,7-12,14-15,23H,1-2,5-6,13H2,(H,22,24). The molecule has 24 heavy (non-hydrogen) atoms. The predicted molar refractivity (Wildman–Crippen MR) is 98.9 cm³/mol. The summed E-state index contributed by atoms with van der Waals surface area (Å²) in [4.78, 5) is 15.6. The SMILES string of the molecule is O=C(CC1CCCC1)Nc1ccc(-c2cc3ccccc3[nH]2)cc1. The Bertz CT molecular complexity index is 809. The fourth-order valence-electron chi connectivity index (χ4n) is 3.65. The van der Waals surface area contributed by atoms with E-state index in [1.165, 1.54) is 31.1 Å². The number of carbonyl (C=O) groups is 1. The molecule has 0 unspecified atom stereocenters. The van der Waals surface area contributed by atoms with Gasteiger partial charge in [-0.1, -0.05) is 43.2 Å². The molecule has 0 atom stereocenters. The summed E-state index contributed by atoms with van der Waals surface area (Å²) < 4.78 is 0. The maximum absolute atomic E-state index is 12.1. The van der Waals surface area contributed by atoms with Gasteiger partial charge in [-0.2, -0.15) is 0 Å². The van der Waals surface area contributed by atoms with Crippen LogP contribution in [0.3, 0.4) is 0 Å². The quantitative estimate of drug-likeness (QED) is 0.669. The van der Waals surface area contributed by atoms with Crippen LogP contribution in [0.2, 0.25) is 0 Å². The van der Waals surface area contributed by atoms with E-state index in [-0.39, 0.29) is 5.91 Å². The number of H-pyrrole nitrogens is 1. The van der Waals surface area contributed by atoms with Crippen LogP contribution in [0.4, 0.5) is 5.69 Å². The summed E-state index contributed by atoms with van der Waals surface area (Å²) in [6, 6.07) is 18.5. The lowest BCUT2D eigenvalue weighted by molar-refractivity contribution is -0.117. The molecule has 0 radical (unpaired) electrons. The van der Waals surface area contributed by atoms with Crippen molar-refractivity contribution in [3.05, 3.63) is 54.6 Å². The summed E-state index contributed by atoms with van der Waals surface area (Å²) in [6.45, 7) is 0. The lowest BCUT2D eigenvalue weighted by atomic mass is 10.0. The van der Waals surface area contributed by atoms with Crippen molar-refractivity contribution in [2.45, 2.75) is 32.1 Å². The molecule has 3 aromatic rings. The molecule has 1 amide bonds. The van der Waals surface area contributed by atoms with Crippen molar-refractivity contribution in [3.63, 3.8) is 0 Å². The lowest BCUT2D eigenvalue weighted by Crippen LogP contribution is -2.14. The molecule has 1 aliphatic carbocycles. The zero-order valence-corrected chi connectivity index (χ0v) is 13.7. The Labute approximate surface area is 142 Å². The molecule has 0 spiro atoms. The van der Waals surface area contributed by atoms with Crippen molar-refractivity contribution >= 4 is 22.5 Å². The van der Waals surface area contributed by atoms with Crippen molar-refractivity contribution in [3.8, 4) is 11.3 Å². The zero-order valence-electron chi connectivity index (χ0n) is 13.7. The first-order valence-corrected chi connectivity index (χ1v) is 8.76. The second-order valence-corrected chi connectivity index (χ2v) is 6.75.